The first kappa shape index (κ1) is 3.83. The minimum Gasteiger partial charge on any atom is -0.298 e. The predicted octanol–water partition coefficient (Wildman–Crippen LogP) is -1.57. The standard InChI is InChI=1S/C4H9N3/c1-3-6-2-4(5-1)7-3/h3-7H,1-2H2. The third-order valence-corrected chi connectivity index (χ3v) is 1.54. The lowest BCUT2D eigenvalue weighted by atomic mass is 10.4. The Kier molecular flexibility index (Phi) is 0.647. The van der Waals surface area contributed by atoms with Crippen LogP contribution in [0.15, 0.2) is 0 Å². The Morgan fingerprint density at radius 2 is 1.57 bits per heavy atom. The van der Waals surface area contributed by atoms with Crippen molar-refractivity contribution >= 4 is 0 Å². The molecule has 0 amide bonds. The summed E-state index contributed by atoms with van der Waals surface area (Å²) in [5.41, 5.74) is 0. The molecule has 2 rings (SSSR count). The molecule has 2 unspecified atom stereocenters. The second kappa shape index (κ2) is 1.18. The minimum atomic E-state index is 0.560. The monoisotopic (exact) mass is 99.1 g/mol. The molecular formula is C4H9N3. The Balaban J connectivity index is 2.12. The van der Waals surface area contributed by atoms with E-state index in [1.807, 2.05) is 0 Å². The highest BCUT2D eigenvalue weighted by Crippen LogP contribution is 1.97. The number of nitrogens with one attached hydrogen (secondary N) is 3. The van der Waals surface area contributed by atoms with Gasteiger partial charge in [-0.05, 0) is 0 Å². The number of hydrogen-bond donors (Lipinski definition) is 3. The van der Waals surface area contributed by atoms with Crippen molar-refractivity contribution in [3.63, 3.8) is 0 Å². The molecule has 0 aliphatic carbocycles. The predicted molar refractivity (Wildman–Crippen MR) is 26.7 cm³/mol. The summed E-state index contributed by atoms with van der Waals surface area (Å²) in [5.74, 6) is 0. The first-order chi connectivity index (χ1) is 3.45. The highest BCUT2D eigenvalue weighted by molar-refractivity contribution is 4.89. The van der Waals surface area contributed by atoms with Gasteiger partial charge in [-0.3, -0.25) is 16.0 Å². The van der Waals surface area contributed by atoms with E-state index in [1.165, 1.54) is 0 Å². The Morgan fingerprint density at radius 3 is 1.71 bits per heavy atom. The smallest absolute Gasteiger partial charge is 0.0714 e. The lowest BCUT2D eigenvalue weighted by molar-refractivity contribution is 0.528. The molecule has 7 heavy (non-hydrogen) atoms. The van der Waals surface area contributed by atoms with Crippen LogP contribution in [0.2, 0.25) is 0 Å². The maximum absolute atomic E-state index is 3.31. The van der Waals surface area contributed by atoms with Crippen LogP contribution in [0.25, 0.3) is 0 Å². The fourth-order valence-corrected chi connectivity index (χ4v) is 1.14. The van der Waals surface area contributed by atoms with Crippen molar-refractivity contribution in [1.82, 2.24) is 16.0 Å². The lowest BCUT2D eigenvalue weighted by Gasteiger charge is -2.08. The van der Waals surface area contributed by atoms with Gasteiger partial charge in [-0.2, -0.15) is 0 Å². The summed E-state index contributed by atoms with van der Waals surface area (Å²) in [5, 5.41) is 9.87. The van der Waals surface area contributed by atoms with E-state index in [1.54, 1.807) is 0 Å². The Bertz CT molecular complexity index is 65.0. The maximum atomic E-state index is 3.31. The second-order valence-electron chi connectivity index (χ2n) is 2.09. The summed E-state index contributed by atoms with van der Waals surface area (Å²) in [7, 11) is 0. The molecule has 2 bridgehead atoms. The van der Waals surface area contributed by atoms with E-state index in [0.29, 0.717) is 12.3 Å². The van der Waals surface area contributed by atoms with Gasteiger partial charge in [0.25, 0.3) is 0 Å². The van der Waals surface area contributed by atoms with E-state index < -0.39 is 0 Å². The van der Waals surface area contributed by atoms with Gasteiger partial charge in [-0.25, -0.2) is 0 Å². The molecule has 2 atom stereocenters. The van der Waals surface area contributed by atoms with Gasteiger partial charge in [0.1, 0.15) is 0 Å². The summed E-state index contributed by atoms with van der Waals surface area (Å²) in [6.45, 7) is 2.18. The number of piperazine rings is 1. The third-order valence-electron chi connectivity index (χ3n) is 1.54. The van der Waals surface area contributed by atoms with Crippen LogP contribution in [-0.2, 0) is 0 Å². The zero-order chi connectivity index (χ0) is 4.69. The quantitative estimate of drug-likeness (QED) is 0.343. The van der Waals surface area contributed by atoms with Crippen LogP contribution >= 0.6 is 0 Å². The molecule has 2 heterocycles. The first-order valence-electron chi connectivity index (χ1n) is 2.68. The topological polar surface area (TPSA) is 36.1 Å². The largest absolute Gasteiger partial charge is 0.298 e. The van der Waals surface area contributed by atoms with Crippen LogP contribution in [-0.4, -0.2) is 25.4 Å². The molecule has 0 spiro atoms. The molecule has 0 aromatic heterocycles. The molecule has 0 saturated carbocycles. The lowest BCUT2D eigenvalue weighted by Crippen LogP contribution is -2.39. The first-order valence-corrected chi connectivity index (χ1v) is 2.68. The molecule has 40 valence electrons. The van der Waals surface area contributed by atoms with Crippen LogP contribution < -0.4 is 16.0 Å². The molecule has 2 fully saturated rings. The highest BCUT2D eigenvalue weighted by Gasteiger charge is 2.28. The van der Waals surface area contributed by atoms with Crippen molar-refractivity contribution < 1.29 is 0 Å². The summed E-state index contributed by atoms with van der Waals surface area (Å²) >= 11 is 0. The van der Waals surface area contributed by atoms with Crippen molar-refractivity contribution in [2.75, 3.05) is 13.1 Å². The molecule has 3 N–H and O–H groups in total. The molecule has 3 nitrogen and oxygen atoms in total. The van der Waals surface area contributed by atoms with Gasteiger partial charge < -0.3 is 0 Å². The van der Waals surface area contributed by atoms with E-state index in [9.17, 15) is 0 Å². The summed E-state index contributed by atoms with van der Waals surface area (Å²) in [4.78, 5) is 0. The molecule has 2 saturated heterocycles. The van der Waals surface area contributed by atoms with Gasteiger partial charge >= 0.3 is 0 Å². The second-order valence-corrected chi connectivity index (χ2v) is 2.09. The number of hydrogen-bond acceptors (Lipinski definition) is 3. The molecule has 3 heteroatoms. The van der Waals surface area contributed by atoms with E-state index in [2.05, 4.69) is 16.0 Å². The van der Waals surface area contributed by atoms with Crippen molar-refractivity contribution in [2.24, 2.45) is 0 Å². The zero-order valence-corrected chi connectivity index (χ0v) is 4.07. The van der Waals surface area contributed by atoms with Gasteiger partial charge in [0.05, 0.1) is 12.3 Å². The van der Waals surface area contributed by atoms with Crippen LogP contribution in [0.4, 0.5) is 0 Å². The van der Waals surface area contributed by atoms with E-state index in [-0.39, 0.29) is 0 Å². The zero-order valence-electron chi connectivity index (χ0n) is 4.07. The number of fused-ring (bicyclic) bond motifs is 2. The van der Waals surface area contributed by atoms with Crippen molar-refractivity contribution in [3.05, 3.63) is 0 Å². The Hall–Kier alpha value is -0.120. The molecule has 2 aliphatic heterocycles. The van der Waals surface area contributed by atoms with E-state index >= 15 is 0 Å². The molecule has 0 radical (unpaired) electrons. The van der Waals surface area contributed by atoms with Gasteiger partial charge in [0.15, 0.2) is 0 Å². The van der Waals surface area contributed by atoms with Crippen LogP contribution in [0.1, 0.15) is 0 Å². The van der Waals surface area contributed by atoms with Crippen molar-refractivity contribution in [1.29, 1.82) is 0 Å². The van der Waals surface area contributed by atoms with Gasteiger partial charge in [-0.1, -0.05) is 0 Å². The molecule has 2 aliphatic rings. The van der Waals surface area contributed by atoms with Gasteiger partial charge in [0, 0.05) is 13.1 Å². The molecular weight excluding hydrogens is 90.1 g/mol. The summed E-state index contributed by atoms with van der Waals surface area (Å²) < 4.78 is 0. The van der Waals surface area contributed by atoms with E-state index in [4.69, 9.17) is 0 Å². The van der Waals surface area contributed by atoms with Crippen LogP contribution in [0.5, 0.6) is 0 Å². The Morgan fingerprint density at radius 1 is 1.00 bits per heavy atom. The number of rotatable bonds is 0. The average Bonchev–Trinajstić information content (AvgIpc) is 2.22. The summed E-state index contributed by atoms with van der Waals surface area (Å²) in [6.07, 6.45) is 1.12. The van der Waals surface area contributed by atoms with Gasteiger partial charge in [0.2, 0.25) is 0 Å². The Labute approximate surface area is 42.5 Å². The van der Waals surface area contributed by atoms with Crippen molar-refractivity contribution in [2.45, 2.75) is 12.3 Å². The normalized spacial score (nSPS) is 48.0. The summed E-state index contributed by atoms with van der Waals surface area (Å²) in [6, 6.07) is 0. The average molecular weight is 99.1 g/mol. The van der Waals surface area contributed by atoms with Crippen molar-refractivity contribution in [3.8, 4) is 0 Å². The SMILES string of the molecule is C1NC2CNC1N2. The molecule has 0 aromatic rings. The maximum Gasteiger partial charge on any atom is 0.0714 e. The van der Waals surface area contributed by atoms with Crippen LogP contribution in [0.3, 0.4) is 0 Å². The fraction of sp³-hybridized carbons (Fsp3) is 1.00. The third kappa shape index (κ3) is 0.459. The highest BCUT2D eigenvalue weighted by atomic mass is 15.4. The van der Waals surface area contributed by atoms with Gasteiger partial charge in [-0.15, -0.1) is 0 Å². The molecule has 0 aromatic carbocycles. The van der Waals surface area contributed by atoms with Crippen LogP contribution in [0, 0.1) is 0 Å². The minimum absolute atomic E-state index is 0.560. The fourth-order valence-electron chi connectivity index (χ4n) is 1.14. The van der Waals surface area contributed by atoms with E-state index in [0.717, 1.165) is 13.1 Å².